The van der Waals surface area contributed by atoms with E-state index in [0.717, 1.165) is 16.7 Å². The third-order valence-corrected chi connectivity index (χ3v) is 7.50. The molecule has 1 N–H and O–H groups in total. The highest BCUT2D eigenvalue weighted by molar-refractivity contribution is 7.21. The zero-order valence-electron chi connectivity index (χ0n) is 19.0. The van der Waals surface area contributed by atoms with Crippen LogP contribution in [0.15, 0.2) is 48.5 Å². The number of thiophene rings is 1. The largest absolute Gasteiger partial charge is 0.380 e. The fourth-order valence-electron chi connectivity index (χ4n) is 4.59. The summed E-state index contributed by atoms with van der Waals surface area (Å²) < 4.78 is 20.4. The molecule has 2 amide bonds. The van der Waals surface area contributed by atoms with Crippen LogP contribution in [0.5, 0.6) is 0 Å². The molecular formula is C26H29FN2O3S. The van der Waals surface area contributed by atoms with Crippen LogP contribution in [-0.2, 0) is 16.1 Å². The van der Waals surface area contributed by atoms with Gasteiger partial charge in [0.05, 0.1) is 17.4 Å². The summed E-state index contributed by atoms with van der Waals surface area (Å²) >= 11 is 1.29. The maximum absolute atomic E-state index is 14.4. The minimum atomic E-state index is -0.342. The third kappa shape index (κ3) is 4.94. The van der Waals surface area contributed by atoms with Crippen LogP contribution in [0.4, 0.5) is 4.39 Å². The molecule has 4 rings (SSSR count). The van der Waals surface area contributed by atoms with Gasteiger partial charge in [0.15, 0.2) is 0 Å². The van der Waals surface area contributed by atoms with Crippen LogP contribution in [0.3, 0.4) is 0 Å². The second-order valence-electron chi connectivity index (χ2n) is 8.40. The molecule has 0 radical (unpaired) electrons. The van der Waals surface area contributed by atoms with Crippen molar-refractivity contribution in [2.24, 2.45) is 0 Å². The van der Waals surface area contributed by atoms with Gasteiger partial charge < -0.3 is 15.0 Å². The van der Waals surface area contributed by atoms with Gasteiger partial charge in [-0.25, -0.2) is 4.39 Å². The molecule has 1 aliphatic heterocycles. The van der Waals surface area contributed by atoms with Crippen LogP contribution < -0.4 is 5.32 Å². The van der Waals surface area contributed by atoms with Crippen LogP contribution in [0, 0.1) is 5.82 Å². The fourth-order valence-corrected chi connectivity index (χ4v) is 5.71. The first-order valence-electron chi connectivity index (χ1n) is 11.4. The number of piperidine rings is 1. The van der Waals surface area contributed by atoms with Gasteiger partial charge in [0.25, 0.3) is 5.91 Å². The van der Waals surface area contributed by atoms with E-state index in [2.05, 4.69) is 5.32 Å². The van der Waals surface area contributed by atoms with Crippen LogP contribution >= 0.6 is 11.3 Å². The molecule has 0 aliphatic carbocycles. The van der Waals surface area contributed by atoms with Crippen molar-refractivity contribution >= 4 is 33.2 Å². The molecule has 0 saturated carbocycles. The lowest BCUT2D eigenvalue weighted by atomic mass is 9.93. The molecule has 1 fully saturated rings. The number of carbonyl (C=O) groups is 2. The Balaban J connectivity index is 1.41. The summed E-state index contributed by atoms with van der Waals surface area (Å²) in [5.74, 6) is -0.535. The second kappa shape index (κ2) is 10.4. The van der Waals surface area contributed by atoms with Crippen molar-refractivity contribution < 1.29 is 18.7 Å². The number of likely N-dealkylation sites (tertiary alicyclic amines) is 1. The van der Waals surface area contributed by atoms with Crippen molar-refractivity contribution in [3.8, 4) is 0 Å². The molecule has 7 heteroatoms. The molecular weight excluding hydrogens is 439 g/mol. The minimum Gasteiger partial charge on any atom is -0.380 e. The zero-order chi connectivity index (χ0) is 23.4. The summed E-state index contributed by atoms with van der Waals surface area (Å²) in [6.45, 7) is 3.43. The highest BCUT2D eigenvalue weighted by Crippen LogP contribution is 2.34. The number of amides is 2. The maximum Gasteiger partial charge on any atom is 0.261 e. The van der Waals surface area contributed by atoms with Crippen molar-refractivity contribution in [3.63, 3.8) is 0 Å². The molecule has 1 atom stereocenters. The number of hydrogen-bond donors (Lipinski definition) is 1. The van der Waals surface area contributed by atoms with Crippen molar-refractivity contribution in [2.45, 2.75) is 44.8 Å². The predicted octanol–water partition coefficient (Wildman–Crippen LogP) is 5.10. The smallest absolute Gasteiger partial charge is 0.261 e. The van der Waals surface area contributed by atoms with E-state index >= 15 is 0 Å². The Labute approximate surface area is 197 Å². The van der Waals surface area contributed by atoms with Gasteiger partial charge in [-0.05, 0) is 37.0 Å². The number of halogens is 1. The number of ether oxygens (including phenoxy) is 1. The fraction of sp³-hybridized carbons (Fsp3) is 0.385. The van der Waals surface area contributed by atoms with Gasteiger partial charge in [-0.15, -0.1) is 11.3 Å². The van der Waals surface area contributed by atoms with Crippen molar-refractivity contribution in [2.75, 3.05) is 20.2 Å². The Kier molecular flexibility index (Phi) is 7.40. The monoisotopic (exact) mass is 468 g/mol. The van der Waals surface area contributed by atoms with Crippen molar-refractivity contribution in [3.05, 3.63) is 70.4 Å². The average molecular weight is 469 g/mol. The number of benzene rings is 2. The lowest BCUT2D eigenvalue weighted by Gasteiger charge is -2.34. The highest BCUT2D eigenvalue weighted by atomic mass is 32.1. The quantitative estimate of drug-likeness (QED) is 0.525. The molecule has 0 spiro atoms. The molecule has 1 aromatic heterocycles. The topological polar surface area (TPSA) is 58.6 Å². The molecule has 1 aliphatic rings. The Morgan fingerprint density at radius 3 is 2.55 bits per heavy atom. The summed E-state index contributed by atoms with van der Waals surface area (Å²) in [7, 11) is 1.54. The predicted molar refractivity (Wildman–Crippen MR) is 129 cm³/mol. The van der Waals surface area contributed by atoms with Crippen LogP contribution in [0.2, 0.25) is 0 Å². The number of rotatable bonds is 7. The Bertz CT molecular complexity index is 1120. The first kappa shape index (κ1) is 23.4. The number of carbonyl (C=O) groups excluding carboxylic acids is 2. The lowest BCUT2D eigenvalue weighted by molar-refractivity contribution is -0.134. The first-order chi connectivity index (χ1) is 16.0. The maximum atomic E-state index is 14.4. The van der Waals surface area contributed by atoms with Gasteiger partial charge >= 0.3 is 0 Å². The molecule has 1 saturated heterocycles. The number of methoxy groups -OCH3 is 1. The lowest BCUT2D eigenvalue weighted by Crippen LogP contribution is -2.47. The van der Waals surface area contributed by atoms with E-state index in [0.29, 0.717) is 41.8 Å². The number of nitrogens with zero attached hydrogens (tertiary/aromatic N) is 1. The van der Waals surface area contributed by atoms with E-state index in [-0.39, 0.29) is 36.2 Å². The summed E-state index contributed by atoms with van der Waals surface area (Å²) in [5, 5.41) is 3.56. The number of fused-ring (bicyclic) bond motifs is 1. The van der Waals surface area contributed by atoms with Crippen LogP contribution in [-0.4, -0.2) is 43.0 Å². The molecule has 5 nitrogen and oxygen atoms in total. The second-order valence-corrected chi connectivity index (χ2v) is 9.45. The summed E-state index contributed by atoms with van der Waals surface area (Å²) in [6, 6.07) is 14.7. The van der Waals surface area contributed by atoms with Gasteiger partial charge in [-0.2, -0.15) is 0 Å². The standard InChI is InChI=1S/C26H29FN2O3S/c1-3-19(17-8-5-4-6-9-17)26(31)29-14-12-18(13-15-29)28-25(30)24-20(16-32-2)23-21(27)10-7-11-22(23)33-24/h4-11,18-19H,3,12-16H2,1-2H3,(H,28,30). The molecule has 3 aromatic rings. The number of nitrogens with one attached hydrogen (secondary N) is 1. The Morgan fingerprint density at radius 1 is 1.15 bits per heavy atom. The SMILES string of the molecule is CCC(C(=O)N1CCC(NC(=O)c2sc3cccc(F)c3c2COC)CC1)c1ccccc1. The van der Waals surface area contributed by atoms with E-state index in [1.165, 1.54) is 24.5 Å². The molecule has 2 heterocycles. The van der Waals surface area contributed by atoms with Crippen molar-refractivity contribution in [1.82, 2.24) is 10.2 Å². The van der Waals surface area contributed by atoms with Crippen molar-refractivity contribution in [1.29, 1.82) is 0 Å². The van der Waals surface area contributed by atoms with Gasteiger partial charge in [0, 0.05) is 41.9 Å². The van der Waals surface area contributed by atoms with E-state index in [9.17, 15) is 14.0 Å². The van der Waals surface area contributed by atoms with Gasteiger partial charge in [0.1, 0.15) is 5.82 Å². The van der Waals surface area contributed by atoms with Crippen LogP contribution in [0.1, 0.15) is 52.9 Å². The summed E-state index contributed by atoms with van der Waals surface area (Å²) in [6.07, 6.45) is 2.15. The van der Waals surface area contributed by atoms with E-state index < -0.39 is 0 Å². The van der Waals surface area contributed by atoms with E-state index in [1.807, 2.05) is 48.2 Å². The van der Waals surface area contributed by atoms with Gasteiger partial charge in [0.2, 0.25) is 5.91 Å². The molecule has 2 aromatic carbocycles. The Morgan fingerprint density at radius 2 is 1.88 bits per heavy atom. The summed E-state index contributed by atoms with van der Waals surface area (Å²) in [5.41, 5.74) is 1.64. The zero-order valence-corrected chi connectivity index (χ0v) is 19.8. The average Bonchev–Trinajstić information content (AvgIpc) is 3.21. The normalized spacial score (nSPS) is 15.5. The Hall–Kier alpha value is -2.77. The highest BCUT2D eigenvalue weighted by Gasteiger charge is 2.30. The molecule has 174 valence electrons. The van der Waals surface area contributed by atoms with E-state index in [1.54, 1.807) is 6.07 Å². The van der Waals surface area contributed by atoms with Crippen LogP contribution in [0.25, 0.3) is 10.1 Å². The van der Waals surface area contributed by atoms with Gasteiger partial charge in [-0.1, -0.05) is 43.3 Å². The molecule has 1 unspecified atom stereocenters. The minimum absolute atomic E-state index is 0.0243. The molecule has 33 heavy (non-hydrogen) atoms. The van der Waals surface area contributed by atoms with Gasteiger partial charge in [-0.3, -0.25) is 9.59 Å². The van der Waals surface area contributed by atoms with E-state index in [4.69, 9.17) is 4.74 Å². The third-order valence-electron chi connectivity index (χ3n) is 6.31. The number of hydrogen-bond acceptors (Lipinski definition) is 4. The molecule has 0 bridgehead atoms. The first-order valence-corrected chi connectivity index (χ1v) is 12.2. The summed E-state index contributed by atoms with van der Waals surface area (Å²) in [4.78, 5) is 28.6.